The van der Waals surface area contributed by atoms with Crippen LogP contribution < -0.4 is 9.61 Å². The van der Waals surface area contributed by atoms with E-state index in [4.69, 9.17) is 15.8 Å². The smallest absolute Gasteiger partial charge is 0.339 e. The molecule has 9 nitrogen and oxygen atoms in total. The summed E-state index contributed by atoms with van der Waals surface area (Å²) in [5.41, 5.74) is 2.95. The summed E-state index contributed by atoms with van der Waals surface area (Å²) in [5, 5.41) is 15.2. The quantitative estimate of drug-likeness (QED) is 0.248. The molecule has 158 valence electrons. The highest BCUT2D eigenvalue weighted by Gasteiger charge is 2.19. The van der Waals surface area contributed by atoms with Crippen LogP contribution in [-0.4, -0.2) is 25.5 Å². The topological polar surface area (TPSA) is 128 Å². The number of halogens is 1. The monoisotopic (exact) mass is 459 g/mol. The first kappa shape index (κ1) is 21.9. The lowest BCUT2D eigenvalue weighted by atomic mass is 10.2. The van der Waals surface area contributed by atoms with Gasteiger partial charge < -0.3 is 4.18 Å². The fraction of sp³-hybridized carbons (Fsp3) is 0. The van der Waals surface area contributed by atoms with Crippen LogP contribution >= 0.6 is 11.6 Å². The molecule has 3 aromatic carbocycles. The zero-order chi connectivity index (χ0) is 22.4. The minimum absolute atomic E-state index is 0.00820. The average molecular weight is 460 g/mol. The predicted octanol–water partition coefficient (Wildman–Crippen LogP) is 3.78. The summed E-state index contributed by atoms with van der Waals surface area (Å²) in [4.78, 5) is 21.8. The summed E-state index contributed by atoms with van der Waals surface area (Å²) < 4.78 is 29.7. The molecule has 0 spiro atoms. The summed E-state index contributed by atoms with van der Waals surface area (Å²) in [5.74, 6) is -0.412. The molecule has 0 radical (unpaired) electrons. The Kier molecular flexibility index (Phi) is 6.63. The van der Waals surface area contributed by atoms with Crippen molar-refractivity contribution in [2.24, 2.45) is 5.10 Å². The van der Waals surface area contributed by atoms with Crippen molar-refractivity contribution < 1.29 is 22.3 Å². The summed E-state index contributed by atoms with van der Waals surface area (Å²) >= 11 is 5.77. The number of nitrogens with one attached hydrogen (secondary N) is 1. The van der Waals surface area contributed by atoms with Crippen LogP contribution in [0.25, 0.3) is 0 Å². The van der Waals surface area contributed by atoms with Gasteiger partial charge in [-0.1, -0.05) is 17.7 Å². The van der Waals surface area contributed by atoms with Gasteiger partial charge in [0.1, 0.15) is 10.6 Å². The third-order valence-electron chi connectivity index (χ3n) is 3.89. The number of carbonyl (C=O) groups excluding carboxylic acids is 1. The van der Waals surface area contributed by atoms with Crippen molar-refractivity contribution in [2.75, 3.05) is 0 Å². The van der Waals surface area contributed by atoms with E-state index in [1.165, 1.54) is 48.7 Å². The number of hydrazone groups is 1. The molecular formula is C20H14ClN3O6S. The Labute approximate surface area is 182 Å². The van der Waals surface area contributed by atoms with Crippen LogP contribution in [-0.2, 0) is 10.1 Å². The first-order valence-corrected chi connectivity index (χ1v) is 10.4. The molecule has 0 bridgehead atoms. The molecule has 0 heterocycles. The lowest BCUT2D eigenvalue weighted by Crippen LogP contribution is -2.17. The highest BCUT2D eigenvalue weighted by molar-refractivity contribution is 7.87. The third-order valence-corrected chi connectivity index (χ3v) is 5.38. The van der Waals surface area contributed by atoms with Crippen molar-refractivity contribution in [1.29, 1.82) is 0 Å². The maximum Gasteiger partial charge on any atom is 0.339 e. The Balaban J connectivity index is 1.64. The van der Waals surface area contributed by atoms with E-state index in [0.717, 1.165) is 6.07 Å². The molecule has 0 aliphatic carbocycles. The molecular weight excluding hydrogens is 446 g/mol. The maximum absolute atomic E-state index is 12.3. The van der Waals surface area contributed by atoms with Gasteiger partial charge in [0.15, 0.2) is 0 Å². The van der Waals surface area contributed by atoms with Gasteiger partial charge in [-0.05, 0) is 60.2 Å². The first-order chi connectivity index (χ1) is 14.7. The third kappa shape index (κ3) is 5.87. The molecule has 0 saturated heterocycles. The van der Waals surface area contributed by atoms with E-state index in [1.54, 1.807) is 24.3 Å². The van der Waals surface area contributed by atoms with Crippen LogP contribution in [0.3, 0.4) is 0 Å². The number of non-ortho nitro benzene ring substituents is 1. The van der Waals surface area contributed by atoms with Crippen LogP contribution in [0.2, 0.25) is 5.02 Å². The van der Waals surface area contributed by atoms with Gasteiger partial charge in [-0.25, -0.2) is 5.43 Å². The Morgan fingerprint density at radius 2 is 1.74 bits per heavy atom. The van der Waals surface area contributed by atoms with E-state index in [-0.39, 0.29) is 16.3 Å². The molecule has 0 unspecified atom stereocenters. The lowest BCUT2D eigenvalue weighted by Gasteiger charge is -2.07. The SMILES string of the molecule is O=C(N/N=C/c1ccc(OS(=O)(=O)c2cccc([N+](=O)[O-])c2)cc1)c1ccc(Cl)cc1. The fourth-order valence-corrected chi connectivity index (χ4v) is 3.47. The van der Waals surface area contributed by atoms with Crippen molar-refractivity contribution in [3.8, 4) is 5.75 Å². The molecule has 0 aliphatic heterocycles. The minimum atomic E-state index is -4.25. The number of nitro benzene ring substituents is 1. The fourth-order valence-electron chi connectivity index (χ4n) is 2.37. The number of carbonyl (C=O) groups is 1. The van der Waals surface area contributed by atoms with E-state index < -0.39 is 20.9 Å². The van der Waals surface area contributed by atoms with Gasteiger partial charge >= 0.3 is 10.1 Å². The van der Waals surface area contributed by atoms with E-state index >= 15 is 0 Å². The van der Waals surface area contributed by atoms with Crippen LogP contribution in [0.4, 0.5) is 5.69 Å². The maximum atomic E-state index is 12.3. The molecule has 3 aromatic rings. The molecule has 31 heavy (non-hydrogen) atoms. The molecule has 0 atom stereocenters. The van der Waals surface area contributed by atoms with Crippen LogP contribution in [0, 0.1) is 10.1 Å². The number of amides is 1. The number of hydrogen-bond acceptors (Lipinski definition) is 7. The normalized spacial score (nSPS) is 11.3. The van der Waals surface area contributed by atoms with Crippen LogP contribution in [0.5, 0.6) is 5.75 Å². The number of nitro groups is 1. The molecule has 0 aliphatic rings. The lowest BCUT2D eigenvalue weighted by molar-refractivity contribution is -0.385. The first-order valence-electron chi connectivity index (χ1n) is 8.62. The van der Waals surface area contributed by atoms with Crippen molar-refractivity contribution in [3.63, 3.8) is 0 Å². The Morgan fingerprint density at radius 1 is 1.06 bits per heavy atom. The second-order valence-electron chi connectivity index (χ2n) is 6.07. The largest absolute Gasteiger partial charge is 0.379 e. The van der Waals surface area contributed by atoms with E-state index in [2.05, 4.69) is 10.5 Å². The molecule has 0 aromatic heterocycles. The van der Waals surface area contributed by atoms with Crippen LogP contribution in [0.1, 0.15) is 15.9 Å². The number of hydrogen-bond donors (Lipinski definition) is 1. The second-order valence-corrected chi connectivity index (χ2v) is 8.05. The summed E-state index contributed by atoms with van der Waals surface area (Å²) in [6.07, 6.45) is 1.37. The molecule has 0 saturated carbocycles. The molecule has 3 rings (SSSR count). The van der Waals surface area contributed by atoms with Gasteiger partial charge in [-0.15, -0.1) is 0 Å². The molecule has 1 N–H and O–H groups in total. The van der Waals surface area contributed by atoms with E-state index in [9.17, 15) is 23.3 Å². The van der Waals surface area contributed by atoms with Gasteiger partial charge in [0.25, 0.3) is 11.6 Å². The van der Waals surface area contributed by atoms with Crippen molar-refractivity contribution in [3.05, 3.63) is 99.1 Å². The van der Waals surface area contributed by atoms with Gasteiger partial charge in [-0.2, -0.15) is 13.5 Å². The summed E-state index contributed by atoms with van der Waals surface area (Å²) in [7, 11) is -4.25. The highest BCUT2D eigenvalue weighted by atomic mass is 35.5. The summed E-state index contributed by atoms with van der Waals surface area (Å²) in [6.45, 7) is 0. The average Bonchev–Trinajstić information content (AvgIpc) is 2.75. The van der Waals surface area contributed by atoms with E-state index in [0.29, 0.717) is 16.1 Å². The van der Waals surface area contributed by atoms with Gasteiger partial charge in [-0.3, -0.25) is 14.9 Å². The van der Waals surface area contributed by atoms with Crippen molar-refractivity contribution in [1.82, 2.24) is 5.43 Å². The molecule has 0 fully saturated rings. The van der Waals surface area contributed by atoms with Gasteiger partial charge in [0.2, 0.25) is 0 Å². The zero-order valence-corrected chi connectivity index (χ0v) is 17.2. The van der Waals surface area contributed by atoms with Gasteiger partial charge in [0.05, 0.1) is 11.1 Å². The standard InChI is InChI=1S/C20H14ClN3O6S/c21-16-8-6-15(7-9-16)20(25)23-22-13-14-4-10-18(11-5-14)30-31(28,29)19-3-1-2-17(12-19)24(26)27/h1-13H,(H,23,25)/b22-13+. The molecule has 11 heteroatoms. The number of nitrogens with zero attached hydrogens (tertiary/aromatic N) is 2. The molecule has 1 amide bonds. The Hall–Kier alpha value is -3.76. The highest BCUT2D eigenvalue weighted by Crippen LogP contribution is 2.22. The number of rotatable bonds is 7. The minimum Gasteiger partial charge on any atom is -0.379 e. The number of benzene rings is 3. The Morgan fingerprint density at radius 3 is 2.39 bits per heavy atom. The Bertz CT molecular complexity index is 1240. The van der Waals surface area contributed by atoms with Crippen molar-refractivity contribution in [2.45, 2.75) is 4.90 Å². The van der Waals surface area contributed by atoms with Crippen LogP contribution in [0.15, 0.2) is 82.8 Å². The van der Waals surface area contributed by atoms with E-state index in [1.807, 2.05) is 0 Å². The van der Waals surface area contributed by atoms with Gasteiger partial charge in [0, 0.05) is 22.7 Å². The second kappa shape index (κ2) is 9.37. The predicted molar refractivity (Wildman–Crippen MR) is 114 cm³/mol. The van der Waals surface area contributed by atoms with Crippen molar-refractivity contribution >= 4 is 39.5 Å². The zero-order valence-electron chi connectivity index (χ0n) is 15.6. The summed E-state index contributed by atoms with van der Waals surface area (Å²) in [6, 6.07) is 16.7.